The van der Waals surface area contributed by atoms with Crippen LogP contribution < -0.4 is 5.32 Å². The van der Waals surface area contributed by atoms with Crippen molar-refractivity contribution in [2.45, 2.75) is 68.2 Å². The summed E-state index contributed by atoms with van der Waals surface area (Å²) in [5, 5.41) is 15.6. The number of ether oxygens (including phenoxy) is 1. The van der Waals surface area contributed by atoms with Gasteiger partial charge in [-0.1, -0.05) is 30.3 Å². The highest BCUT2D eigenvalue weighted by molar-refractivity contribution is 5.85. The third-order valence-corrected chi connectivity index (χ3v) is 7.48. The average molecular weight is 562 g/mol. The lowest BCUT2D eigenvalue weighted by Crippen LogP contribution is -2.54. The number of aromatic nitrogens is 4. The Labute approximate surface area is 221 Å². The number of benzene rings is 2. The fraction of sp³-hybridized carbons (Fsp3) is 0.480. The first kappa shape index (κ1) is 28.3. The lowest BCUT2D eigenvalue weighted by Gasteiger charge is -2.43. The van der Waals surface area contributed by atoms with Crippen LogP contribution in [0.1, 0.15) is 66.3 Å². The molecule has 1 unspecified atom stereocenters. The summed E-state index contributed by atoms with van der Waals surface area (Å²) in [6.07, 6.45) is -9.60. The Hall–Kier alpha value is -2.70. The summed E-state index contributed by atoms with van der Waals surface area (Å²) in [4.78, 5) is 0. The van der Waals surface area contributed by atoms with Crippen LogP contribution in [0.25, 0.3) is 0 Å². The van der Waals surface area contributed by atoms with Crippen molar-refractivity contribution in [1.82, 2.24) is 25.5 Å². The van der Waals surface area contributed by atoms with Crippen molar-refractivity contribution in [2.75, 3.05) is 0 Å². The Morgan fingerprint density at radius 1 is 1.00 bits per heavy atom. The summed E-state index contributed by atoms with van der Waals surface area (Å²) >= 11 is 0. The SMILES string of the molecule is CC(O[C@H]1CC[C@H]2N[C@]1(c1ccccc1)C[C@@H]2c1nnnn1C)c1cc(C(F)(F)F)cc(C(F)(F)F)c1.Cl. The Bertz CT molecular complexity index is 1230. The van der Waals surface area contributed by atoms with Crippen molar-refractivity contribution < 1.29 is 31.1 Å². The molecule has 2 fully saturated rings. The number of nitrogens with one attached hydrogen (secondary N) is 1. The van der Waals surface area contributed by atoms with E-state index >= 15 is 0 Å². The molecule has 2 bridgehead atoms. The number of rotatable bonds is 5. The number of alkyl halides is 6. The molecule has 206 valence electrons. The van der Waals surface area contributed by atoms with Gasteiger partial charge in [0.05, 0.1) is 28.9 Å². The molecular formula is C25H26ClF6N5O. The topological polar surface area (TPSA) is 64.9 Å². The molecule has 3 aromatic rings. The van der Waals surface area contributed by atoms with Crippen molar-refractivity contribution in [3.05, 3.63) is 76.6 Å². The zero-order valence-corrected chi connectivity index (χ0v) is 21.2. The van der Waals surface area contributed by atoms with E-state index in [-0.39, 0.29) is 36.0 Å². The molecule has 2 saturated heterocycles. The molecule has 2 aliphatic rings. The van der Waals surface area contributed by atoms with Gasteiger partial charge in [-0.15, -0.1) is 17.5 Å². The van der Waals surface area contributed by atoms with Gasteiger partial charge in [0.15, 0.2) is 5.82 Å². The van der Waals surface area contributed by atoms with Gasteiger partial charge in [-0.2, -0.15) is 26.3 Å². The number of fused-ring (bicyclic) bond motifs is 2. The maximum atomic E-state index is 13.4. The number of halogens is 7. The van der Waals surface area contributed by atoms with Crippen molar-refractivity contribution in [3.63, 3.8) is 0 Å². The lowest BCUT2D eigenvalue weighted by atomic mass is 9.79. The highest BCUT2D eigenvalue weighted by Gasteiger charge is 2.56. The van der Waals surface area contributed by atoms with Gasteiger partial charge in [0, 0.05) is 19.0 Å². The van der Waals surface area contributed by atoms with Crippen LogP contribution in [0, 0.1) is 0 Å². The normalized spacial score (nSPS) is 26.2. The standard InChI is InChI=1S/C25H25F6N5O.ClH/c1-14(15-10-17(24(26,27)28)12-18(11-15)25(29,30)31)37-21-9-8-20-19(22-33-34-35-36(22)2)13-23(21,32-20)16-6-4-3-5-7-16;/h3-7,10-12,14,19-21,32H,8-9,13H2,1-2H3;1H/t14?,19-,20+,21-,23-;/m0./s1. The van der Waals surface area contributed by atoms with Crippen LogP contribution in [0.5, 0.6) is 0 Å². The van der Waals surface area contributed by atoms with Gasteiger partial charge in [-0.05, 0) is 65.9 Å². The Morgan fingerprint density at radius 3 is 2.18 bits per heavy atom. The van der Waals surface area contributed by atoms with E-state index < -0.39 is 41.2 Å². The van der Waals surface area contributed by atoms with Crippen LogP contribution >= 0.6 is 12.4 Å². The van der Waals surface area contributed by atoms with Crippen molar-refractivity contribution in [2.24, 2.45) is 7.05 Å². The van der Waals surface area contributed by atoms with Crippen LogP contribution in [-0.4, -0.2) is 32.4 Å². The molecule has 0 amide bonds. The van der Waals surface area contributed by atoms with Crippen LogP contribution in [0.2, 0.25) is 0 Å². The monoisotopic (exact) mass is 561 g/mol. The number of nitrogens with zero attached hydrogens (tertiary/aromatic N) is 4. The quantitative estimate of drug-likeness (QED) is 0.390. The minimum atomic E-state index is -4.93. The number of piperidine rings is 1. The van der Waals surface area contributed by atoms with E-state index in [0.29, 0.717) is 25.1 Å². The third kappa shape index (κ3) is 5.13. The zero-order chi connectivity index (χ0) is 26.6. The number of aryl methyl sites for hydroxylation is 1. The molecule has 0 spiro atoms. The number of hydrogen-bond donors (Lipinski definition) is 1. The molecule has 1 aromatic heterocycles. The average Bonchev–Trinajstić information content (AvgIpc) is 3.41. The Balaban J connectivity index is 0.00000336. The Kier molecular flexibility index (Phi) is 7.54. The minimum absolute atomic E-state index is 0. The summed E-state index contributed by atoms with van der Waals surface area (Å²) in [5.41, 5.74) is -2.69. The smallest absolute Gasteiger partial charge is 0.368 e. The van der Waals surface area contributed by atoms with Crippen LogP contribution in [0.4, 0.5) is 26.3 Å². The number of tetrazole rings is 1. The predicted molar refractivity (Wildman–Crippen MR) is 127 cm³/mol. The molecule has 38 heavy (non-hydrogen) atoms. The largest absolute Gasteiger partial charge is 0.416 e. The first-order chi connectivity index (χ1) is 17.4. The molecule has 3 heterocycles. The van der Waals surface area contributed by atoms with Gasteiger partial charge in [0.1, 0.15) is 0 Å². The van der Waals surface area contributed by atoms with Gasteiger partial charge < -0.3 is 10.1 Å². The molecule has 0 saturated carbocycles. The first-order valence-corrected chi connectivity index (χ1v) is 11.9. The van der Waals surface area contributed by atoms with E-state index in [1.807, 2.05) is 30.3 Å². The molecule has 2 aromatic carbocycles. The molecule has 2 aliphatic heterocycles. The Morgan fingerprint density at radius 2 is 1.63 bits per heavy atom. The van der Waals surface area contributed by atoms with Crippen molar-refractivity contribution in [3.8, 4) is 0 Å². The maximum Gasteiger partial charge on any atom is 0.416 e. The summed E-state index contributed by atoms with van der Waals surface area (Å²) in [6.45, 7) is 1.49. The molecular weight excluding hydrogens is 536 g/mol. The molecule has 1 N–H and O–H groups in total. The van der Waals surface area contributed by atoms with Crippen molar-refractivity contribution in [1.29, 1.82) is 0 Å². The van der Waals surface area contributed by atoms with E-state index in [9.17, 15) is 26.3 Å². The first-order valence-electron chi connectivity index (χ1n) is 11.9. The molecule has 6 nitrogen and oxygen atoms in total. The molecule has 5 atom stereocenters. The van der Waals surface area contributed by atoms with Crippen LogP contribution in [-0.2, 0) is 29.7 Å². The van der Waals surface area contributed by atoms with Crippen LogP contribution in [0.15, 0.2) is 48.5 Å². The fourth-order valence-electron chi connectivity index (χ4n) is 5.72. The maximum absolute atomic E-state index is 13.4. The number of hydrogen-bond acceptors (Lipinski definition) is 5. The fourth-order valence-corrected chi connectivity index (χ4v) is 5.72. The minimum Gasteiger partial charge on any atom is -0.368 e. The lowest BCUT2D eigenvalue weighted by molar-refractivity contribution is -0.143. The van der Waals surface area contributed by atoms with E-state index in [1.54, 1.807) is 11.7 Å². The second kappa shape index (κ2) is 10.1. The van der Waals surface area contributed by atoms with E-state index in [1.165, 1.54) is 6.92 Å². The van der Waals surface area contributed by atoms with E-state index in [2.05, 4.69) is 20.8 Å². The highest BCUT2D eigenvalue weighted by atomic mass is 35.5. The van der Waals surface area contributed by atoms with Gasteiger partial charge in [0.2, 0.25) is 0 Å². The summed E-state index contributed by atoms with van der Waals surface area (Å²) < 4.78 is 88.6. The van der Waals surface area contributed by atoms with E-state index in [4.69, 9.17) is 4.74 Å². The summed E-state index contributed by atoms with van der Waals surface area (Å²) in [5.74, 6) is 0.659. The highest BCUT2D eigenvalue weighted by Crippen LogP contribution is 2.51. The van der Waals surface area contributed by atoms with Crippen LogP contribution in [0.3, 0.4) is 0 Å². The van der Waals surface area contributed by atoms with Gasteiger partial charge in [-0.25, -0.2) is 4.68 Å². The molecule has 0 radical (unpaired) electrons. The molecule has 13 heteroatoms. The van der Waals surface area contributed by atoms with Crippen molar-refractivity contribution >= 4 is 12.4 Å². The van der Waals surface area contributed by atoms with E-state index in [0.717, 1.165) is 17.7 Å². The molecule has 0 aliphatic carbocycles. The predicted octanol–water partition coefficient (Wildman–Crippen LogP) is 5.95. The third-order valence-electron chi connectivity index (χ3n) is 7.48. The summed E-state index contributed by atoms with van der Waals surface area (Å²) in [7, 11) is 1.76. The summed E-state index contributed by atoms with van der Waals surface area (Å²) in [6, 6.07) is 11.2. The van der Waals surface area contributed by atoms with Gasteiger partial charge in [-0.3, -0.25) is 0 Å². The zero-order valence-electron chi connectivity index (χ0n) is 20.4. The van der Waals surface area contributed by atoms with Gasteiger partial charge >= 0.3 is 12.4 Å². The second-order valence-corrected chi connectivity index (χ2v) is 9.74. The second-order valence-electron chi connectivity index (χ2n) is 9.74. The van der Waals surface area contributed by atoms with Gasteiger partial charge in [0.25, 0.3) is 0 Å². The molecule has 5 rings (SSSR count).